The van der Waals surface area contributed by atoms with E-state index in [0.717, 1.165) is 16.8 Å². The number of benzene rings is 2. The predicted molar refractivity (Wildman–Crippen MR) is 134 cm³/mol. The molecule has 7 heteroatoms. The van der Waals surface area contributed by atoms with E-state index in [0.29, 0.717) is 33.7 Å². The molecule has 34 heavy (non-hydrogen) atoms. The Balaban J connectivity index is 1.76. The number of rotatable bonds is 4. The van der Waals surface area contributed by atoms with Crippen LogP contribution in [0.2, 0.25) is 0 Å². The normalized spacial score (nSPS) is 11.5. The van der Waals surface area contributed by atoms with Crippen molar-refractivity contribution in [2.24, 2.45) is 0 Å². The first-order chi connectivity index (χ1) is 16.2. The summed E-state index contributed by atoms with van der Waals surface area (Å²) in [6.07, 6.45) is 1.55. The average Bonchev–Trinajstić information content (AvgIpc) is 3.04. The van der Waals surface area contributed by atoms with Crippen LogP contribution in [0.25, 0.3) is 17.0 Å². The number of para-hydroxylation sites is 1. The van der Waals surface area contributed by atoms with Crippen LogP contribution in [0.3, 0.4) is 0 Å². The van der Waals surface area contributed by atoms with Gasteiger partial charge in [0.1, 0.15) is 17.5 Å². The largest absolute Gasteiger partial charge is 0.321 e. The lowest BCUT2D eigenvalue weighted by molar-refractivity contribution is -0.112. The number of nitrogens with one attached hydrogen (secondary N) is 1. The first-order valence-corrected chi connectivity index (χ1v) is 10.9. The van der Waals surface area contributed by atoms with Gasteiger partial charge in [-0.25, -0.2) is 4.98 Å². The lowest BCUT2D eigenvalue weighted by Gasteiger charge is -2.16. The summed E-state index contributed by atoms with van der Waals surface area (Å²) >= 11 is 0. The van der Waals surface area contributed by atoms with Crippen molar-refractivity contribution >= 4 is 28.6 Å². The number of hydrogen-bond acceptors (Lipinski definition) is 4. The molecule has 2 aromatic heterocycles. The first-order valence-electron chi connectivity index (χ1n) is 10.9. The van der Waals surface area contributed by atoms with Crippen LogP contribution in [0.5, 0.6) is 0 Å². The van der Waals surface area contributed by atoms with Crippen LogP contribution in [0, 0.1) is 45.9 Å². The number of aryl methyl sites for hydroxylation is 4. The van der Waals surface area contributed by atoms with Crippen molar-refractivity contribution in [2.45, 2.75) is 34.6 Å². The monoisotopic (exact) mass is 451 g/mol. The minimum absolute atomic E-state index is 0.0277. The first kappa shape index (κ1) is 22.7. The van der Waals surface area contributed by atoms with E-state index in [4.69, 9.17) is 0 Å². The third kappa shape index (κ3) is 4.14. The molecule has 2 aromatic carbocycles. The molecule has 0 saturated carbocycles. The lowest BCUT2D eigenvalue weighted by Crippen LogP contribution is -2.30. The average molecular weight is 452 g/mol. The van der Waals surface area contributed by atoms with Crippen LogP contribution < -0.4 is 10.9 Å². The molecule has 2 heterocycles. The molecular formula is C27H25N5O2. The molecule has 0 bridgehead atoms. The summed E-state index contributed by atoms with van der Waals surface area (Å²) in [6, 6.07) is 16.8. The van der Waals surface area contributed by atoms with E-state index in [1.54, 1.807) is 23.7 Å². The van der Waals surface area contributed by atoms with Crippen LogP contribution in [0.15, 0.2) is 58.9 Å². The highest BCUT2D eigenvalue weighted by atomic mass is 16.2. The molecule has 0 radical (unpaired) electrons. The maximum absolute atomic E-state index is 13.3. The van der Waals surface area contributed by atoms with E-state index in [9.17, 15) is 14.9 Å². The molecule has 1 N–H and O–H groups in total. The smallest absolute Gasteiger partial charge is 0.280 e. The van der Waals surface area contributed by atoms with Crippen LogP contribution in [-0.2, 0) is 4.79 Å². The van der Waals surface area contributed by atoms with Gasteiger partial charge in [0.2, 0.25) is 0 Å². The molecule has 0 fully saturated rings. The number of carbonyl (C=O) groups excluding carboxylic acids is 1. The Labute approximate surface area is 197 Å². The number of anilines is 1. The van der Waals surface area contributed by atoms with Gasteiger partial charge in [-0.3, -0.25) is 14.3 Å². The summed E-state index contributed by atoms with van der Waals surface area (Å²) in [7, 11) is 0. The van der Waals surface area contributed by atoms with E-state index < -0.39 is 5.91 Å². The number of aromatic nitrogens is 3. The molecular weight excluding hydrogens is 426 g/mol. The van der Waals surface area contributed by atoms with Crippen molar-refractivity contribution in [3.05, 3.63) is 98.4 Å². The van der Waals surface area contributed by atoms with Gasteiger partial charge >= 0.3 is 0 Å². The van der Waals surface area contributed by atoms with Gasteiger partial charge < -0.3 is 5.32 Å². The molecule has 0 spiro atoms. The third-order valence-corrected chi connectivity index (χ3v) is 5.69. The quantitative estimate of drug-likeness (QED) is 0.363. The Morgan fingerprint density at radius 2 is 1.68 bits per heavy atom. The number of carbonyl (C=O) groups is 1. The molecule has 1 amide bonds. The maximum Gasteiger partial charge on any atom is 0.280 e. The molecule has 0 saturated heterocycles. The van der Waals surface area contributed by atoms with Crippen molar-refractivity contribution in [3.8, 4) is 6.07 Å². The second kappa shape index (κ2) is 8.83. The van der Waals surface area contributed by atoms with Crippen molar-refractivity contribution in [3.63, 3.8) is 0 Å². The SMILES string of the molecule is Cc1cc(C)cc(NC(=O)C(C#N)=Cc2cc(C)n(-n3c(C)nc4ccccc4c3=O)c2C)c1. The van der Waals surface area contributed by atoms with Gasteiger partial charge in [-0.05, 0) is 87.7 Å². The Bertz CT molecular complexity index is 1560. The molecule has 0 aliphatic rings. The molecule has 0 atom stereocenters. The predicted octanol–water partition coefficient (Wildman–Crippen LogP) is 4.60. The Hall–Kier alpha value is -4.44. The molecule has 0 unspecified atom stereocenters. The van der Waals surface area contributed by atoms with E-state index in [-0.39, 0.29) is 11.1 Å². The zero-order chi connectivity index (χ0) is 24.6. The second-order valence-corrected chi connectivity index (χ2v) is 8.43. The highest BCUT2D eigenvalue weighted by molar-refractivity contribution is 6.09. The van der Waals surface area contributed by atoms with Gasteiger partial charge in [-0.15, -0.1) is 0 Å². The number of nitriles is 1. The lowest BCUT2D eigenvalue weighted by atomic mass is 10.1. The highest BCUT2D eigenvalue weighted by Gasteiger charge is 2.17. The minimum Gasteiger partial charge on any atom is -0.321 e. The van der Waals surface area contributed by atoms with Crippen LogP contribution >= 0.6 is 0 Å². The number of nitrogens with zero attached hydrogens (tertiary/aromatic N) is 4. The summed E-state index contributed by atoms with van der Waals surface area (Å²) in [4.78, 5) is 30.7. The molecule has 7 nitrogen and oxygen atoms in total. The number of hydrogen-bond donors (Lipinski definition) is 1. The fourth-order valence-electron chi connectivity index (χ4n) is 4.25. The van der Waals surface area contributed by atoms with E-state index in [1.807, 2.05) is 76.2 Å². The molecule has 0 aliphatic carbocycles. The number of fused-ring (bicyclic) bond motifs is 1. The zero-order valence-corrected chi connectivity index (χ0v) is 19.8. The Morgan fingerprint density at radius 1 is 1.00 bits per heavy atom. The standard InChI is InChI=1S/C27H25N5O2/c1-16-10-17(2)12-23(11-16)30-26(33)22(15-28)14-21-13-18(3)31(19(21)4)32-20(5)29-25-9-7-6-8-24(25)27(32)34/h6-14H,1-5H3,(H,30,33). The summed E-state index contributed by atoms with van der Waals surface area (Å²) in [5, 5.41) is 13.0. The topological polar surface area (TPSA) is 92.7 Å². The van der Waals surface area contributed by atoms with E-state index in [1.165, 1.54) is 4.68 Å². The van der Waals surface area contributed by atoms with Crippen LogP contribution in [0.1, 0.15) is 33.9 Å². The third-order valence-electron chi connectivity index (χ3n) is 5.69. The fourth-order valence-corrected chi connectivity index (χ4v) is 4.25. The summed E-state index contributed by atoms with van der Waals surface area (Å²) < 4.78 is 3.28. The van der Waals surface area contributed by atoms with Crippen LogP contribution in [-0.4, -0.2) is 20.2 Å². The molecule has 0 aliphatic heterocycles. The van der Waals surface area contributed by atoms with Gasteiger partial charge in [-0.2, -0.15) is 9.94 Å². The minimum atomic E-state index is -0.488. The molecule has 4 rings (SSSR count). The summed E-state index contributed by atoms with van der Waals surface area (Å²) in [5.41, 5.74) is 5.26. The fraction of sp³-hybridized carbons (Fsp3) is 0.185. The molecule has 170 valence electrons. The van der Waals surface area contributed by atoms with Crippen molar-refractivity contribution in [2.75, 3.05) is 5.32 Å². The Kier molecular flexibility index (Phi) is 5.91. The Morgan fingerprint density at radius 3 is 2.35 bits per heavy atom. The van der Waals surface area contributed by atoms with E-state index in [2.05, 4.69) is 10.3 Å². The summed E-state index contributed by atoms with van der Waals surface area (Å²) in [6.45, 7) is 9.39. The summed E-state index contributed by atoms with van der Waals surface area (Å²) in [5.74, 6) is 0.0483. The van der Waals surface area contributed by atoms with Gasteiger partial charge in [0.15, 0.2) is 0 Å². The zero-order valence-electron chi connectivity index (χ0n) is 19.8. The van der Waals surface area contributed by atoms with Crippen molar-refractivity contribution < 1.29 is 4.79 Å². The van der Waals surface area contributed by atoms with Gasteiger partial charge in [0.05, 0.1) is 10.9 Å². The maximum atomic E-state index is 13.3. The van der Waals surface area contributed by atoms with Gasteiger partial charge in [0.25, 0.3) is 11.5 Å². The van der Waals surface area contributed by atoms with E-state index >= 15 is 0 Å². The highest BCUT2D eigenvalue weighted by Crippen LogP contribution is 2.21. The van der Waals surface area contributed by atoms with Crippen LogP contribution in [0.4, 0.5) is 5.69 Å². The molecule has 4 aromatic rings. The second-order valence-electron chi connectivity index (χ2n) is 8.43. The van der Waals surface area contributed by atoms with Gasteiger partial charge in [0, 0.05) is 17.1 Å². The van der Waals surface area contributed by atoms with Gasteiger partial charge in [-0.1, -0.05) is 18.2 Å². The van der Waals surface area contributed by atoms with Crippen molar-refractivity contribution in [1.82, 2.24) is 14.3 Å². The number of amides is 1. The van der Waals surface area contributed by atoms with Crippen molar-refractivity contribution in [1.29, 1.82) is 5.26 Å².